The fourth-order valence-corrected chi connectivity index (χ4v) is 3.17. The van der Waals surface area contributed by atoms with Crippen molar-refractivity contribution >= 4 is 22.6 Å². The van der Waals surface area contributed by atoms with Crippen LogP contribution in [0.1, 0.15) is 11.1 Å². The molecule has 0 aliphatic rings. The van der Waals surface area contributed by atoms with Crippen LogP contribution >= 0.6 is 0 Å². The molecule has 0 aliphatic heterocycles. The predicted octanol–water partition coefficient (Wildman–Crippen LogP) is 3.81. The van der Waals surface area contributed by atoms with Gasteiger partial charge in [-0.15, -0.1) is 5.10 Å². The van der Waals surface area contributed by atoms with Crippen molar-refractivity contribution in [1.82, 2.24) is 15.0 Å². The molecule has 8 heteroatoms. The lowest BCUT2D eigenvalue weighted by molar-refractivity contribution is -0.119. The van der Waals surface area contributed by atoms with Gasteiger partial charge in [-0.1, -0.05) is 17.3 Å². The third-order valence-corrected chi connectivity index (χ3v) is 4.58. The highest BCUT2D eigenvalue weighted by Gasteiger charge is 2.19. The topological polar surface area (TPSA) is 74.8 Å². The van der Waals surface area contributed by atoms with Crippen molar-refractivity contribution in [3.05, 3.63) is 89.5 Å². The summed E-state index contributed by atoms with van der Waals surface area (Å²) in [7, 11) is 0. The van der Waals surface area contributed by atoms with Crippen LogP contribution < -0.4 is 4.90 Å². The number of benzene rings is 3. The Bertz CT molecular complexity index is 1240. The molecule has 0 saturated heterocycles. The van der Waals surface area contributed by atoms with Crippen molar-refractivity contribution in [3.63, 3.8) is 0 Å². The summed E-state index contributed by atoms with van der Waals surface area (Å²) in [5.74, 6) is -1.79. The second-order valence-electron chi connectivity index (χ2n) is 6.65. The van der Waals surface area contributed by atoms with Crippen LogP contribution in [0, 0.1) is 23.0 Å². The normalized spacial score (nSPS) is 10.7. The Morgan fingerprint density at radius 3 is 2.43 bits per heavy atom. The summed E-state index contributed by atoms with van der Waals surface area (Å²) in [6.45, 7) is -0.162. The average Bonchev–Trinajstić information content (AvgIpc) is 3.14. The molecule has 0 saturated carbocycles. The molecular weight excluding hydrogens is 388 g/mol. The molecule has 6 nitrogen and oxygen atoms in total. The van der Waals surface area contributed by atoms with E-state index in [4.69, 9.17) is 5.26 Å². The molecule has 1 aromatic heterocycles. The van der Waals surface area contributed by atoms with Gasteiger partial charge < -0.3 is 4.90 Å². The first-order chi connectivity index (χ1) is 14.5. The molecule has 1 heterocycles. The van der Waals surface area contributed by atoms with Crippen LogP contribution in [0.15, 0.2) is 66.7 Å². The number of aromatic nitrogens is 3. The maximum Gasteiger partial charge on any atom is 0.249 e. The number of anilines is 1. The molecule has 0 unspecified atom stereocenters. The first-order valence-corrected chi connectivity index (χ1v) is 9.07. The van der Waals surface area contributed by atoms with E-state index in [9.17, 15) is 13.6 Å². The van der Waals surface area contributed by atoms with Crippen LogP contribution in [0.3, 0.4) is 0 Å². The third-order valence-electron chi connectivity index (χ3n) is 4.58. The molecular formula is C22H15F2N5O. The number of nitriles is 1. The smallest absolute Gasteiger partial charge is 0.249 e. The zero-order valence-corrected chi connectivity index (χ0v) is 15.7. The molecule has 1 amide bonds. The van der Waals surface area contributed by atoms with E-state index < -0.39 is 11.6 Å². The number of hydrogen-bond donors (Lipinski definition) is 0. The number of halogens is 2. The van der Waals surface area contributed by atoms with Gasteiger partial charge in [0.05, 0.1) is 23.7 Å². The fourth-order valence-electron chi connectivity index (χ4n) is 3.17. The molecule has 0 bridgehead atoms. The van der Waals surface area contributed by atoms with E-state index in [1.807, 2.05) is 18.2 Å². The maximum absolute atomic E-state index is 13.7. The van der Waals surface area contributed by atoms with Gasteiger partial charge in [0.2, 0.25) is 5.91 Å². The standard InChI is InChI=1S/C22H15F2N5O/c23-17-9-16(10-18(24)11-17)13-28(19-7-5-15(12-25)6-8-19)22(30)14-29-21-4-2-1-3-20(21)26-27-29/h1-11H,13-14H2. The fraction of sp³-hybridized carbons (Fsp3) is 0.0909. The van der Waals surface area contributed by atoms with Gasteiger partial charge in [0, 0.05) is 11.8 Å². The van der Waals surface area contributed by atoms with Gasteiger partial charge in [-0.2, -0.15) is 5.26 Å². The summed E-state index contributed by atoms with van der Waals surface area (Å²) < 4.78 is 28.8. The molecule has 0 N–H and O–H groups in total. The summed E-state index contributed by atoms with van der Waals surface area (Å²) in [5, 5.41) is 17.1. The van der Waals surface area contributed by atoms with E-state index in [1.54, 1.807) is 36.4 Å². The molecule has 3 aromatic carbocycles. The number of carbonyl (C=O) groups is 1. The average molecular weight is 403 g/mol. The zero-order valence-electron chi connectivity index (χ0n) is 15.7. The molecule has 0 aliphatic carbocycles. The Balaban J connectivity index is 1.68. The monoisotopic (exact) mass is 403 g/mol. The summed E-state index contributed by atoms with van der Waals surface area (Å²) in [4.78, 5) is 14.6. The van der Waals surface area contributed by atoms with Gasteiger partial charge in [-0.05, 0) is 54.1 Å². The van der Waals surface area contributed by atoms with E-state index in [-0.39, 0.29) is 19.0 Å². The Morgan fingerprint density at radius 1 is 1.03 bits per heavy atom. The minimum atomic E-state index is -0.723. The van der Waals surface area contributed by atoms with E-state index in [1.165, 1.54) is 21.7 Å². The minimum absolute atomic E-state index is 0.0496. The number of nitrogens with zero attached hydrogens (tertiary/aromatic N) is 5. The largest absolute Gasteiger partial charge is 0.306 e. The van der Waals surface area contributed by atoms with Gasteiger partial charge in [0.15, 0.2) is 0 Å². The van der Waals surface area contributed by atoms with Gasteiger partial charge >= 0.3 is 0 Å². The maximum atomic E-state index is 13.7. The van der Waals surface area contributed by atoms with E-state index >= 15 is 0 Å². The van der Waals surface area contributed by atoms with E-state index in [2.05, 4.69) is 10.3 Å². The summed E-state index contributed by atoms with van der Waals surface area (Å²) >= 11 is 0. The number of rotatable bonds is 5. The van der Waals surface area contributed by atoms with Crippen LogP contribution in [0.2, 0.25) is 0 Å². The van der Waals surface area contributed by atoms with Crippen molar-refractivity contribution in [2.75, 3.05) is 4.90 Å². The van der Waals surface area contributed by atoms with Crippen LogP contribution in [0.5, 0.6) is 0 Å². The first kappa shape index (κ1) is 19.2. The van der Waals surface area contributed by atoms with Gasteiger partial charge in [0.1, 0.15) is 23.7 Å². The minimum Gasteiger partial charge on any atom is -0.306 e. The lowest BCUT2D eigenvalue weighted by atomic mass is 10.1. The summed E-state index contributed by atoms with van der Waals surface area (Å²) in [6.07, 6.45) is 0. The van der Waals surface area contributed by atoms with E-state index in [0.29, 0.717) is 27.8 Å². The second-order valence-corrected chi connectivity index (χ2v) is 6.65. The van der Waals surface area contributed by atoms with Crippen molar-refractivity contribution in [1.29, 1.82) is 5.26 Å². The highest BCUT2D eigenvalue weighted by Crippen LogP contribution is 2.21. The molecule has 0 radical (unpaired) electrons. The van der Waals surface area contributed by atoms with Crippen LogP contribution in [0.4, 0.5) is 14.5 Å². The Hall–Kier alpha value is -4.12. The highest BCUT2D eigenvalue weighted by molar-refractivity contribution is 5.93. The first-order valence-electron chi connectivity index (χ1n) is 9.07. The van der Waals surface area contributed by atoms with Crippen molar-refractivity contribution < 1.29 is 13.6 Å². The molecule has 4 rings (SSSR count). The molecule has 0 fully saturated rings. The number of para-hydroxylation sites is 1. The molecule has 0 atom stereocenters. The number of carbonyl (C=O) groups excluding carboxylic acids is 1. The van der Waals surface area contributed by atoms with Crippen LogP contribution in [-0.4, -0.2) is 20.9 Å². The van der Waals surface area contributed by atoms with Gasteiger partial charge in [-0.25, -0.2) is 13.5 Å². The quantitative estimate of drug-likeness (QED) is 0.508. The van der Waals surface area contributed by atoms with Crippen molar-refractivity contribution in [3.8, 4) is 6.07 Å². The van der Waals surface area contributed by atoms with Crippen molar-refractivity contribution in [2.45, 2.75) is 13.1 Å². The lowest BCUT2D eigenvalue weighted by Crippen LogP contribution is -2.33. The molecule has 4 aromatic rings. The molecule has 0 spiro atoms. The Morgan fingerprint density at radius 2 is 1.73 bits per heavy atom. The summed E-state index contributed by atoms with van der Waals surface area (Å²) in [6, 6.07) is 18.8. The van der Waals surface area contributed by atoms with Crippen LogP contribution in [0.25, 0.3) is 11.0 Å². The highest BCUT2D eigenvalue weighted by atomic mass is 19.1. The Kier molecular flexibility index (Phi) is 5.18. The number of fused-ring (bicyclic) bond motifs is 1. The number of amides is 1. The zero-order chi connectivity index (χ0) is 21.1. The third kappa shape index (κ3) is 4.00. The predicted molar refractivity (Wildman–Crippen MR) is 106 cm³/mol. The van der Waals surface area contributed by atoms with Gasteiger partial charge in [-0.3, -0.25) is 4.79 Å². The van der Waals surface area contributed by atoms with E-state index in [0.717, 1.165) is 6.07 Å². The SMILES string of the molecule is N#Cc1ccc(N(Cc2cc(F)cc(F)c2)C(=O)Cn2nnc3ccccc32)cc1. The second kappa shape index (κ2) is 8.09. The van der Waals surface area contributed by atoms with Crippen LogP contribution in [-0.2, 0) is 17.9 Å². The van der Waals surface area contributed by atoms with Gasteiger partial charge in [0.25, 0.3) is 0 Å². The Labute approximate surface area is 170 Å². The summed E-state index contributed by atoms with van der Waals surface area (Å²) in [5.41, 5.74) is 2.58. The molecule has 148 valence electrons. The number of hydrogen-bond acceptors (Lipinski definition) is 4. The lowest BCUT2D eigenvalue weighted by Gasteiger charge is -2.23. The van der Waals surface area contributed by atoms with Crippen molar-refractivity contribution in [2.24, 2.45) is 0 Å². The molecule has 30 heavy (non-hydrogen) atoms.